The summed E-state index contributed by atoms with van der Waals surface area (Å²) in [7, 11) is 0. The summed E-state index contributed by atoms with van der Waals surface area (Å²) in [5, 5.41) is 18.5. The van der Waals surface area contributed by atoms with Crippen LogP contribution in [0.15, 0.2) is 18.2 Å². The van der Waals surface area contributed by atoms with Crippen LogP contribution in [0.2, 0.25) is 0 Å². The molecule has 0 aromatic heterocycles. The van der Waals surface area contributed by atoms with Gasteiger partial charge in [0.2, 0.25) is 0 Å². The van der Waals surface area contributed by atoms with Crippen molar-refractivity contribution in [3.05, 3.63) is 23.8 Å². The van der Waals surface area contributed by atoms with E-state index in [1.54, 1.807) is 0 Å². The van der Waals surface area contributed by atoms with E-state index in [1.165, 1.54) is 0 Å². The average Bonchev–Trinajstić information content (AvgIpc) is 2.68. The molecule has 0 radical (unpaired) electrons. The predicted octanol–water partition coefficient (Wildman–Crippen LogP) is 7.43. The molecule has 2 nitrogen and oxygen atoms in total. The van der Waals surface area contributed by atoms with Crippen molar-refractivity contribution in [3.63, 3.8) is 0 Å². The number of benzene rings is 1. The van der Waals surface area contributed by atoms with Crippen molar-refractivity contribution in [2.45, 2.75) is 66.9 Å². The highest BCUT2D eigenvalue weighted by Crippen LogP contribution is 2.64. The minimum atomic E-state index is -8.66. The Balaban J connectivity index is 3.37. The molecule has 0 saturated carbocycles. The molecule has 0 fully saturated rings. The quantitative estimate of drug-likeness (QED) is 0.227. The van der Waals surface area contributed by atoms with E-state index >= 15 is 0 Å². The van der Waals surface area contributed by atoms with Gasteiger partial charge < -0.3 is 10.2 Å². The van der Waals surface area contributed by atoms with Crippen LogP contribution >= 0.6 is 0 Å². The molecule has 0 atom stereocenters. The van der Waals surface area contributed by atoms with Gasteiger partial charge in [0, 0.05) is 6.42 Å². The Hall–Kier alpha value is -2.37. The molecule has 36 heavy (non-hydrogen) atoms. The first-order chi connectivity index (χ1) is 15.6. The van der Waals surface area contributed by atoms with Gasteiger partial charge in [0.05, 0.1) is 0 Å². The topological polar surface area (TPSA) is 40.5 Å². The third-order valence-corrected chi connectivity index (χ3v) is 4.79. The van der Waals surface area contributed by atoms with Gasteiger partial charge in [-0.3, -0.25) is 0 Å². The highest BCUT2D eigenvalue weighted by Gasteiger charge is 2.95. The maximum Gasteiger partial charge on any atom is 0.460 e. The van der Waals surface area contributed by atoms with Crippen LogP contribution in [0.1, 0.15) is 18.4 Å². The Morgan fingerprint density at radius 1 is 0.528 bits per heavy atom. The molecule has 0 bridgehead atoms. The molecule has 1 aromatic carbocycles. The first-order valence-electron chi connectivity index (χ1n) is 8.86. The van der Waals surface area contributed by atoms with Crippen molar-refractivity contribution >= 4 is 0 Å². The number of halogens is 17. The van der Waals surface area contributed by atoms with Crippen LogP contribution in [0.3, 0.4) is 0 Å². The van der Waals surface area contributed by atoms with E-state index in [2.05, 4.69) is 0 Å². The fourth-order valence-corrected chi connectivity index (χ4v) is 2.63. The summed E-state index contributed by atoms with van der Waals surface area (Å²) in [6.07, 6.45) is -12.8. The van der Waals surface area contributed by atoms with Gasteiger partial charge in [-0.1, -0.05) is 0 Å². The normalized spacial score (nSPS) is 15.4. The van der Waals surface area contributed by atoms with Crippen molar-refractivity contribution in [1.29, 1.82) is 0 Å². The van der Waals surface area contributed by atoms with Gasteiger partial charge >= 0.3 is 47.6 Å². The van der Waals surface area contributed by atoms with Crippen LogP contribution in [0.4, 0.5) is 74.6 Å². The lowest BCUT2D eigenvalue weighted by atomic mass is 9.87. The van der Waals surface area contributed by atoms with Gasteiger partial charge in [-0.25, -0.2) is 0 Å². The van der Waals surface area contributed by atoms with E-state index in [4.69, 9.17) is 5.11 Å². The van der Waals surface area contributed by atoms with E-state index < -0.39 is 84.0 Å². The maximum absolute atomic E-state index is 13.8. The third-order valence-electron chi connectivity index (χ3n) is 4.79. The fourth-order valence-electron chi connectivity index (χ4n) is 2.63. The van der Waals surface area contributed by atoms with Crippen molar-refractivity contribution < 1.29 is 84.9 Å². The van der Waals surface area contributed by atoms with Gasteiger partial charge in [0.15, 0.2) is 0 Å². The summed E-state index contributed by atoms with van der Waals surface area (Å²) in [6.45, 7) is 0. The first kappa shape index (κ1) is 31.7. The highest BCUT2D eigenvalue weighted by molar-refractivity contribution is 5.38. The number of phenolic OH excluding ortho intramolecular Hbond substituents is 2. The lowest BCUT2D eigenvalue weighted by Gasteiger charge is -2.42. The summed E-state index contributed by atoms with van der Waals surface area (Å²) in [6, 6.07) is 2.23. The largest absolute Gasteiger partial charge is 0.508 e. The molecule has 19 heteroatoms. The van der Waals surface area contributed by atoms with Crippen LogP contribution in [0.5, 0.6) is 11.5 Å². The molecule has 0 aliphatic heterocycles. The Labute approximate surface area is 188 Å². The SMILES string of the molecule is Oc1ccc(O)c(CCCC(F)(F)C(F)(F)C(F)(F)C(F)(F)C(F)(F)C(F)(F)C(F)(F)C(F)(F)F)c1. The first-order valence-corrected chi connectivity index (χ1v) is 8.86. The van der Waals surface area contributed by atoms with Gasteiger partial charge in [0.1, 0.15) is 11.5 Å². The lowest BCUT2D eigenvalue weighted by molar-refractivity contribution is -0.461. The number of hydrogen-bond donors (Lipinski definition) is 2. The van der Waals surface area contributed by atoms with Crippen LogP contribution in [-0.4, -0.2) is 57.8 Å². The monoisotopic (exact) mass is 570 g/mol. The summed E-state index contributed by atoms with van der Waals surface area (Å²) < 4.78 is 224. The molecule has 0 saturated heterocycles. The molecular formula is C17H11F17O2. The number of aromatic hydroxyl groups is 2. The minimum absolute atomic E-state index is 0.494. The number of rotatable bonds is 10. The molecule has 1 aromatic rings. The Bertz CT molecular complexity index is 936. The third kappa shape index (κ3) is 4.56. The zero-order valence-electron chi connectivity index (χ0n) is 16.7. The lowest BCUT2D eigenvalue weighted by Crippen LogP contribution is -2.74. The predicted molar refractivity (Wildman–Crippen MR) is 83.4 cm³/mol. The number of aryl methyl sites for hydroxylation is 1. The van der Waals surface area contributed by atoms with E-state index in [0.717, 1.165) is 12.1 Å². The summed E-state index contributed by atoms with van der Waals surface area (Å²) in [5.41, 5.74) is -0.494. The molecule has 2 N–H and O–H groups in total. The number of hydrogen-bond acceptors (Lipinski definition) is 2. The molecule has 0 spiro atoms. The van der Waals surface area contributed by atoms with Crippen molar-refractivity contribution in [2.75, 3.05) is 0 Å². The van der Waals surface area contributed by atoms with E-state index in [1.807, 2.05) is 0 Å². The highest BCUT2D eigenvalue weighted by atomic mass is 19.4. The number of alkyl halides is 17. The second kappa shape index (κ2) is 8.88. The van der Waals surface area contributed by atoms with Gasteiger partial charge in [-0.15, -0.1) is 0 Å². The van der Waals surface area contributed by atoms with Gasteiger partial charge in [-0.05, 0) is 36.6 Å². The van der Waals surface area contributed by atoms with E-state index in [0.29, 0.717) is 6.07 Å². The van der Waals surface area contributed by atoms with Crippen molar-refractivity contribution in [2.24, 2.45) is 0 Å². The van der Waals surface area contributed by atoms with E-state index in [-0.39, 0.29) is 0 Å². The average molecular weight is 570 g/mol. The molecule has 0 aliphatic carbocycles. The molecule has 0 heterocycles. The second-order valence-electron chi connectivity index (χ2n) is 7.32. The van der Waals surface area contributed by atoms with Crippen LogP contribution < -0.4 is 0 Å². The molecule has 1 rings (SSSR count). The molecule has 0 amide bonds. The zero-order valence-corrected chi connectivity index (χ0v) is 16.7. The van der Waals surface area contributed by atoms with Crippen molar-refractivity contribution in [1.82, 2.24) is 0 Å². The molecule has 0 unspecified atom stereocenters. The maximum atomic E-state index is 13.8. The molecule has 210 valence electrons. The standard InChI is InChI=1S/C17H11F17O2/c18-10(19,5-1-2-7-6-8(35)3-4-9(7)36)11(20,21)12(22,23)13(24,25)14(26,27)15(28,29)16(30,31)17(32,33)34/h3-4,6,35-36H,1-2,5H2. The van der Waals surface area contributed by atoms with E-state index in [9.17, 15) is 79.7 Å². The Morgan fingerprint density at radius 2 is 0.917 bits per heavy atom. The molecule has 0 aliphatic rings. The fraction of sp³-hybridized carbons (Fsp3) is 0.647. The Morgan fingerprint density at radius 3 is 1.33 bits per heavy atom. The summed E-state index contributed by atoms with van der Waals surface area (Å²) in [4.78, 5) is 0. The smallest absolute Gasteiger partial charge is 0.460 e. The minimum Gasteiger partial charge on any atom is -0.508 e. The summed E-state index contributed by atoms with van der Waals surface area (Å²) in [5.74, 6) is -57.9. The number of phenols is 2. The summed E-state index contributed by atoms with van der Waals surface area (Å²) >= 11 is 0. The van der Waals surface area contributed by atoms with Crippen LogP contribution in [0.25, 0.3) is 0 Å². The van der Waals surface area contributed by atoms with Crippen LogP contribution in [-0.2, 0) is 6.42 Å². The zero-order chi connectivity index (χ0) is 29.0. The van der Waals surface area contributed by atoms with Gasteiger partial charge in [-0.2, -0.15) is 74.6 Å². The van der Waals surface area contributed by atoms with Crippen molar-refractivity contribution in [3.8, 4) is 11.5 Å². The molecular weight excluding hydrogens is 559 g/mol. The second-order valence-corrected chi connectivity index (χ2v) is 7.32. The van der Waals surface area contributed by atoms with Crippen LogP contribution in [0, 0.1) is 0 Å². The van der Waals surface area contributed by atoms with Gasteiger partial charge in [0.25, 0.3) is 0 Å². The Kier molecular flexibility index (Phi) is 7.81.